The smallest absolute Gasteiger partial charge is 0.266 e. The molecule has 2 heterocycles. The average Bonchev–Trinajstić information content (AvgIpc) is 3.08. The molecule has 0 atom stereocenters. The summed E-state index contributed by atoms with van der Waals surface area (Å²) in [5.41, 5.74) is 2.07. The lowest BCUT2D eigenvalue weighted by molar-refractivity contribution is 0.102. The molecule has 0 unspecified atom stereocenters. The molecule has 1 N–H and O–H groups in total. The van der Waals surface area contributed by atoms with Crippen molar-refractivity contribution in [1.82, 2.24) is 9.55 Å². The number of thiophene rings is 1. The predicted octanol–water partition coefficient (Wildman–Crippen LogP) is 4.08. The molecule has 2 aromatic carbocycles. The van der Waals surface area contributed by atoms with Crippen molar-refractivity contribution in [3.8, 4) is 5.75 Å². The largest absolute Gasteiger partial charge is 0.495 e. The second kappa shape index (κ2) is 7.89. The number of benzene rings is 2. The number of para-hydroxylation sites is 2. The summed E-state index contributed by atoms with van der Waals surface area (Å²) in [7, 11) is 1.55. The first-order valence-electron chi connectivity index (χ1n) is 9.05. The van der Waals surface area contributed by atoms with E-state index in [9.17, 15) is 9.59 Å². The number of aromatic nitrogens is 2. The number of nitrogens with one attached hydrogen (secondary N) is 1. The molecule has 0 saturated carbocycles. The second-order valence-electron chi connectivity index (χ2n) is 6.55. The van der Waals surface area contributed by atoms with Gasteiger partial charge in [-0.25, -0.2) is 4.98 Å². The summed E-state index contributed by atoms with van der Waals surface area (Å²) in [6.07, 6.45) is 1.54. The van der Waals surface area contributed by atoms with Crippen LogP contribution in [-0.4, -0.2) is 22.6 Å². The van der Waals surface area contributed by atoms with E-state index in [0.29, 0.717) is 38.6 Å². The molecule has 4 aromatic rings. The van der Waals surface area contributed by atoms with Gasteiger partial charge in [0.1, 0.15) is 10.6 Å². The quantitative estimate of drug-likeness (QED) is 0.543. The van der Waals surface area contributed by atoms with E-state index in [1.54, 1.807) is 30.7 Å². The van der Waals surface area contributed by atoms with Crippen molar-refractivity contribution in [3.63, 3.8) is 0 Å². The van der Waals surface area contributed by atoms with E-state index >= 15 is 0 Å². The molecule has 0 aliphatic heterocycles. The van der Waals surface area contributed by atoms with Gasteiger partial charge in [-0.2, -0.15) is 0 Å². The molecule has 2 aromatic heterocycles. The van der Waals surface area contributed by atoms with Crippen molar-refractivity contribution in [2.75, 3.05) is 12.4 Å². The molecule has 0 aliphatic rings. The van der Waals surface area contributed by atoms with Crippen LogP contribution in [-0.2, 0) is 6.54 Å². The van der Waals surface area contributed by atoms with Gasteiger partial charge in [-0.3, -0.25) is 14.2 Å². The van der Waals surface area contributed by atoms with Crippen LogP contribution in [0.15, 0.2) is 65.7 Å². The van der Waals surface area contributed by atoms with E-state index in [4.69, 9.17) is 4.74 Å². The highest BCUT2D eigenvalue weighted by atomic mass is 32.1. The van der Waals surface area contributed by atoms with Crippen molar-refractivity contribution in [1.29, 1.82) is 0 Å². The van der Waals surface area contributed by atoms with E-state index < -0.39 is 0 Å². The Balaban J connectivity index is 1.69. The fourth-order valence-electron chi connectivity index (χ4n) is 3.20. The van der Waals surface area contributed by atoms with Gasteiger partial charge in [0.2, 0.25) is 0 Å². The number of ether oxygens (including phenoxy) is 1. The fraction of sp³-hybridized carbons (Fsp3) is 0.136. The molecule has 146 valence electrons. The number of methoxy groups -OCH3 is 1. The zero-order valence-corrected chi connectivity index (χ0v) is 16.8. The van der Waals surface area contributed by atoms with Crippen LogP contribution in [0, 0.1) is 6.92 Å². The Kier molecular flexibility index (Phi) is 5.14. The lowest BCUT2D eigenvalue weighted by atomic mass is 10.2. The van der Waals surface area contributed by atoms with Crippen LogP contribution in [0.5, 0.6) is 5.75 Å². The third-order valence-electron chi connectivity index (χ3n) is 4.67. The minimum atomic E-state index is -0.288. The monoisotopic (exact) mass is 405 g/mol. The Morgan fingerprint density at radius 2 is 1.86 bits per heavy atom. The summed E-state index contributed by atoms with van der Waals surface area (Å²) in [5, 5.41) is 3.35. The normalized spacial score (nSPS) is 10.8. The number of carbonyl (C=O) groups excluding carboxylic acids is 1. The van der Waals surface area contributed by atoms with Gasteiger partial charge in [0.25, 0.3) is 11.5 Å². The summed E-state index contributed by atoms with van der Waals surface area (Å²) in [6.45, 7) is 2.21. The second-order valence-corrected chi connectivity index (χ2v) is 7.55. The third-order valence-corrected chi connectivity index (χ3v) is 5.87. The number of carbonyl (C=O) groups is 1. The van der Waals surface area contributed by atoms with Gasteiger partial charge < -0.3 is 10.1 Å². The lowest BCUT2D eigenvalue weighted by Gasteiger charge is -2.09. The van der Waals surface area contributed by atoms with Crippen LogP contribution in [0.3, 0.4) is 0 Å². The van der Waals surface area contributed by atoms with Crippen LogP contribution >= 0.6 is 11.3 Å². The topological polar surface area (TPSA) is 73.2 Å². The summed E-state index contributed by atoms with van der Waals surface area (Å²) in [4.78, 5) is 31.3. The van der Waals surface area contributed by atoms with Gasteiger partial charge in [-0.1, -0.05) is 42.5 Å². The molecule has 1 amide bonds. The van der Waals surface area contributed by atoms with Crippen LogP contribution in [0.4, 0.5) is 5.69 Å². The van der Waals surface area contributed by atoms with Crippen LogP contribution in [0.1, 0.15) is 20.8 Å². The molecule has 0 radical (unpaired) electrons. The van der Waals surface area contributed by atoms with Crippen LogP contribution < -0.4 is 15.6 Å². The molecular formula is C22H19N3O3S. The summed E-state index contributed by atoms with van der Waals surface area (Å²) in [6, 6.07) is 16.9. The van der Waals surface area contributed by atoms with Gasteiger partial charge >= 0.3 is 0 Å². The molecular weight excluding hydrogens is 386 g/mol. The SMILES string of the molecule is COc1ccccc1NC(=O)c1sc2ncn(Cc3ccccc3)c(=O)c2c1C. The van der Waals surface area contributed by atoms with Crippen LogP contribution in [0.2, 0.25) is 0 Å². The van der Waals surface area contributed by atoms with Gasteiger partial charge in [0, 0.05) is 0 Å². The standard InChI is InChI=1S/C22H19N3O3S/c1-14-18-21(23-13-25(22(18)27)12-15-8-4-3-5-9-15)29-19(14)20(26)24-16-10-6-7-11-17(16)28-2/h3-11,13H,12H2,1-2H3,(H,24,26). The van der Waals surface area contributed by atoms with Crippen molar-refractivity contribution >= 4 is 33.1 Å². The zero-order chi connectivity index (χ0) is 20.4. The number of anilines is 1. The van der Waals surface area contributed by atoms with Crippen molar-refractivity contribution in [2.45, 2.75) is 13.5 Å². The number of amides is 1. The third kappa shape index (κ3) is 3.64. The molecule has 29 heavy (non-hydrogen) atoms. The summed E-state index contributed by atoms with van der Waals surface area (Å²) in [5.74, 6) is 0.284. The number of hydrogen-bond acceptors (Lipinski definition) is 5. The van der Waals surface area contributed by atoms with Gasteiger partial charge in [0.15, 0.2) is 0 Å². The predicted molar refractivity (Wildman–Crippen MR) is 115 cm³/mol. The van der Waals surface area contributed by atoms with Crippen LogP contribution in [0.25, 0.3) is 10.2 Å². The van der Waals surface area contributed by atoms with Gasteiger partial charge in [-0.05, 0) is 30.2 Å². The average molecular weight is 405 g/mol. The van der Waals surface area contributed by atoms with E-state index in [1.807, 2.05) is 42.5 Å². The zero-order valence-electron chi connectivity index (χ0n) is 16.0. The molecule has 0 saturated heterocycles. The number of nitrogens with zero attached hydrogens (tertiary/aromatic N) is 2. The highest BCUT2D eigenvalue weighted by molar-refractivity contribution is 7.20. The summed E-state index contributed by atoms with van der Waals surface area (Å²) >= 11 is 1.22. The van der Waals surface area contributed by atoms with Crippen molar-refractivity contribution in [2.24, 2.45) is 0 Å². The first-order chi connectivity index (χ1) is 14.1. The van der Waals surface area contributed by atoms with E-state index in [1.165, 1.54) is 17.7 Å². The molecule has 0 spiro atoms. The Labute approximate surface area is 171 Å². The van der Waals surface area contributed by atoms with Gasteiger partial charge in [-0.15, -0.1) is 11.3 Å². The Morgan fingerprint density at radius 3 is 2.62 bits per heavy atom. The first-order valence-corrected chi connectivity index (χ1v) is 9.87. The van der Waals surface area contributed by atoms with E-state index in [0.717, 1.165) is 5.56 Å². The number of fused-ring (bicyclic) bond motifs is 1. The molecule has 0 fully saturated rings. The highest BCUT2D eigenvalue weighted by Gasteiger charge is 2.20. The maximum absolute atomic E-state index is 13.0. The molecule has 7 heteroatoms. The lowest BCUT2D eigenvalue weighted by Crippen LogP contribution is -2.21. The minimum absolute atomic E-state index is 0.149. The van der Waals surface area contributed by atoms with Gasteiger partial charge in [0.05, 0.1) is 35.9 Å². The Hall–Kier alpha value is -3.45. The molecule has 0 bridgehead atoms. The minimum Gasteiger partial charge on any atom is -0.495 e. The first kappa shape index (κ1) is 18.9. The molecule has 4 rings (SSSR count). The number of aryl methyl sites for hydroxylation is 1. The van der Waals surface area contributed by atoms with E-state index in [2.05, 4.69) is 10.3 Å². The molecule has 6 nitrogen and oxygen atoms in total. The van der Waals surface area contributed by atoms with Crippen molar-refractivity contribution < 1.29 is 9.53 Å². The maximum atomic E-state index is 13.0. The number of hydrogen-bond donors (Lipinski definition) is 1. The summed E-state index contributed by atoms with van der Waals surface area (Å²) < 4.78 is 6.85. The number of rotatable bonds is 5. The molecule has 0 aliphatic carbocycles. The highest BCUT2D eigenvalue weighted by Crippen LogP contribution is 2.29. The van der Waals surface area contributed by atoms with Crippen molar-refractivity contribution in [3.05, 3.63) is 87.3 Å². The Morgan fingerprint density at radius 1 is 1.14 bits per heavy atom. The van der Waals surface area contributed by atoms with E-state index in [-0.39, 0.29) is 11.5 Å². The maximum Gasteiger partial charge on any atom is 0.266 e. The fourth-order valence-corrected chi connectivity index (χ4v) is 4.23. The Bertz CT molecular complexity index is 1250.